The summed E-state index contributed by atoms with van der Waals surface area (Å²) in [6.45, 7) is 1.67. The highest BCUT2D eigenvalue weighted by Crippen LogP contribution is 2.31. The lowest BCUT2D eigenvalue weighted by Crippen LogP contribution is -2.45. The highest BCUT2D eigenvalue weighted by atomic mass is 19.1. The topological polar surface area (TPSA) is 89.4 Å². The van der Waals surface area contributed by atoms with Gasteiger partial charge in [0.15, 0.2) is 0 Å². The number of nitrogens with one attached hydrogen (secondary N) is 1. The molecular weight excluding hydrogens is 509 g/mol. The lowest BCUT2D eigenvalue weighted by Gasteiger charge is -2.32. The van der Waals surface area contributed by atoms with Crippen LogP contribution in [-0.4, -0.2) is 33.9 Å². The number of amides is 2. The van der Waals surface area contributed by atoms with Crippen molar-refractivity contribution in [2.24, 2.45) is 0 Å². The van der Waals surface area contributed by atoms with Crippen molar-refractivity contribution in [2.45, 2.75) is 26.1 Å². The van der Waals surface area contributed by atoms with Crippen molar-refractivity contribution >= 4 is 28.5 Å². The van der Waals surface area contributed by atoms with E-state index in [2.05, 4.69) is 15.6 Å². The Morgan fingerprint density at radius 2 is 1.75 bits per heavy atom. The monoisotopic (exact) mass is 537 g/mol. The quantitative estimate of drug-likeness (QED) is 0.287. The zero-order valence-corrected chi connectivity index (χ0v) is 22.1. The van der Waals surface area contributed by atoms with E-state index in [0.717, 1.165) is 5.56 Å². The Morgan fingerprint density at radius 1 is 0.975 bits per heavy atom. The highest BCUT2D eigenvalue weighted by Gasteiger charge is 2.34. The number of ether oxygens (including phenoxy) is 1. The van der Waals surface area contributed by atoms with Crippen LogP contribution in [0.3, 0.4) is 0 Å². The number of hydrogen-bond acceptors (Lipinski definition) is 5. The molecule has 4 aromatic carbocycles. The van der Waals surface area contributed by atoms with Crippen molar-refractivity contribution in [1.82, 2.24) is 20.3 Å². The van der Waals surface area contributed by atoms with E-state index < -0.39 is 23.7 Å². The van der Waals surface area contributed by atoms with Gasteiger partial charge in [0.25, 0.3) is 0 Å². The standard InChI is InChI=1S/C31H28FN5O3/c1-21-15-16-24(18-26(21)32)37(29(38)20-36-28-14-7-6-13-27(28)34-35-36)30(23-11-8-12-25(17-23)40-2)31(39)33-19-22-9-4-3-5-10-22/h3-18,30H,19-20H2,1-2H3,(H,33,39). The molecule has 0 radical (unpaired) electrons. The number of carbonyl (C=O) groups is 2. The normalized spacial score (nSPS) is 11.7. The average molecular weight is 538 g/mol. The van der Waals surface area contributed by atoms with Crippen molar-refractivity contribution in [2.75, 3.05) is 12.0 Å². The maximum Gasteiger partial charge on any atom is 0.249 e. The molecule has 5 rings (SSSR count). The van der Waals surface area contributed by atoms with Gasteiger partial charge >= 0.3 is 0 Å². The number of rotatable bonds is 9. The largest absolute Gasteiger partial charge is 0.497 e. The highest BCUT2D eigenvalue weighted by molar-refractivity contribution is 6.01. The molecule has 0 fully saturated rings. The summed E-state index contributed by atoms with van der Waals surface area (Å²) in [6.07, 6.45) is 0. The molecule has 0 saturated heterocycles. The van der Waals surface area contributed by atoms with Gasteiger partial charge in [-0.05, 0) is 60.0 Å². The first kappa shape index (κ1) is 26.6. The Labute approximate surface area is 231 Å². The van der Waals surface area contributed by atoms with Crippen molar-refractivity contribution in [3.8, 4) is 5.75 Å². The number of hydrogen-bond donors (Lipinski definition) is 1. The summed E-state index contributed by atoms with van der Waals surface area (Å²) < 4.78 is 21.7. The smallest absolute Gasteiger partial charge is 0.249 e. The van der Waals surface area contributed by atoms with Crippen molar-refractivity contribution in [3.63, 3.8) is 0 Å². The number of carbonyl (C=O) groups excluding carboxylic acids is 2. The van der Waals surface area contributed by atoms with Crippen LogP contribution in [-0.2, 0) is 22.7 Å². The summed E-state index contributed by atoms with van der Waals surface area (Å²) in [5, 5.41) is 11.2. The molecule has 1 aromatic heterocycles. The van der Waals surface area contributed by atoms with Crippen LogP contribution in [0.4, 0.5) is 10.1 Å². The third-order valence-corrected chi connectivity index (χ3v) is 6.63. The number of benzene rings is 4. The number of aromatic nitrogens is 3. The molecule has 1 N–H and O–H groups in total. The van der Waals surface area contributed by atoms with Gasteiger partial charge in [-0.25, -0.2) is 9.07 Å². The van der Waals surface area contributed by atoms with Crippen molar-refractivity contribution in [3.05, 3.63) is 120 Å². The van der Waals surface area contributed by atoms with Crippen LogP contribution in [0.1, 0.15) is 22.7 Å². The molecule has 0 bridgehead atoms. The second kappa shape index (κ2) is 11.8. The molecule has 1 heterocycles. The maximum absolute atomic E-state index is 14.9. The summed E-state index contributed by atoms with van der Waals surface area (Å²) >= 11 is 0. The molecule has 8 nitrogen and oxygen atoms in total. The second-order valence-electron chi connectivity index (χ2n) is 9.32. The molecule has 1 atom stereocenters. The maximum atomic E-state index is 14.9. The number of para-hydroxylation sites is 1. The van der Waals surface area contributed by atoms with E-state index in [1.54, 1.807) is 49.4 Å². The molecule has 2 amide bonds. The molecule has 9 heteroatoms. The van der Waals surface area contributed by atoms with E-state index in [-0.39, 0.29) is 18.8 Å². The van der Waals surface area contributed by atoms with Crippen molar-refractivity contribution < 1.29 is 18.7 Å². The lowest BCUT2D eigenvalue weighted by molar-refractivity contribution is -0.127. The predicted molar refractivity (Wildman–Crippen MR) is 150 cm³/mol. The van der Waals surface area contributed by atoms with E-state index in [1.165, 1.54) is 22.8 Å². The number of methoxy groups -OCH3 is 1. The van der Waals surface area contributed by atoms with Gasteiger partial charge in [0.05, 0.1) is 12.6 Å². The Morgan fingerprint density at radius 3 is 2.52 bits per heavy atom. The number of nitrogens with zero attached hydrogens (tertiary/aromatic N) is 4. The Hall–Kier alpha value is -5.05. The van der Waals surface area contributed by atoms with Gasteiger partial charge in [0.2, 0.25) is 11.8 Å². The van der Waals surface area contributed by atoms with Crippen LogP contribution >= 0.6 is 0 Å². The van der Waals surface area contributed by atoms with Gasteiger partial charge in [0.1, 0.15) is 29.7 Å². The molecule has 0 aliphatic rings. The molecular formula is C31H28FN5O3. The molecule has 40 heavy (non-hydrogen) atoms. The van der Waals surface area contributed by atoms with E-state index in [0.29, 0.717) is 27.9 Å². The predicted octanol–water partition coefficient (Wildman–Crippen LogP) is 4.98. The van der Waals surface area contributed by atoms with Crippen LogP contribution in [0.2, 0.25) is 0 Å². The SMILES string of the molecule is COc1cccc(C(C(=O)NCc2ccccc2)N(C(=O)Cn2nnc3ccccc32)c2ccc(C)c(F)c2)c1. The van der Waals surface area contributed by atoms with Gasteiger partial charge in [-0.15, -0.1) is 5.10 Å². The van der Waals surface area contributed by atoms with Gasteiger partial charge < -0.3 is 10.1 Å². The van der Waals surface area contributed by atoms with Gasteiger partial charge in [-0.1, -0.05) is 65.9 Å². The Bertz CT molecular complexity index is 1650. The fraction of sp³-hybridized carbons (Fsp3) is 0.161. The zero-order valence-electron chi connectivity index (χ0n) is 22.1. The van der Waals surface area contributed by atoms with Crippen LogP contribution in [0.15, 0.2) is 97.1 Å². The molecule has 0 spiro atoms. The third-order valence-electron chi connectivity index (χ3n) is 6.63. The first-order valence-electron chi connectivity index (χ1n) is 12.8. The second-order valence-corrected chi connectivity index (χ2v) is 9.32. The molecule has 1 unspecified atom stereocenters. The molecule has 0 aliphatic carbocycles. The third kappa shape index (κ3) is 5.68. The number of halogens is 1. The number of aryl methyl sites for hydroxylation is 1. The van der Waals surface area contributed by atoms with Crippen LogP contribution < -0.4 is 15.0 Å². The fourth-order valence-corrected chi connectivity index (χ4v) is 4.52. The van der Waals surface area contributed by atoms with Gasteiger partial charge in [0, 0.05) is 12.2 Å². The van der Waals surface area contributed by atoms with Crippen LogP contribution in [0.25, 0.3) is 11.0 Å². The van der Waals surface area contributed by atoms with Crippen LogP contribution in [0, 0.1) is 12.7 Å². The van der Waals surface area contributed by atoms with E-state index in [4.69, 9.17) is 4.74 Å². The fourth-order valence-electron chi connectivity index (χ4n) is 4.52. The number of anilines is 1. The zero-order chi connectivity index (χ0) is 28.1. The minimum atomic E-state index is -1.14. The van der Waals surface area contributed by atoms with Gasteiger partial charge in [-0.2, -0.15) is 0 Å². The van der Waals surface area contributed by atoms with E-state index in [9.17, 15) is 14.0 Å². The van der Waals surface area contributed by atoms with Crippen molar-refractivity contribution in [1.29, 1.82) is 0 Å². The summed E-state index contributed by atoms with van der Waals surface area (Å²) in [7, 11) is 1.53. The average Bonchev–Trinajstić information content (AvgIpc) is 3.39. The summed E-state index contributed by atoms with van der Waals surface area (Å²) in [4.78, 5) is 29.3. The number of fused-ring (bicyclic) bond motifs is 1. The van der Waals surface area contributed by atoms with Gasteiger partial charge in [-0.3, -0.25) is 14.5 Å². The Kier molecular flexibility index (Phi) is 7.82. The lowest BCUT2D eigenvalue weighted by atomic mass is 10.0. The summed E-state index contributed by atoms with van der Waals surface area (Å²) in [5.74, 6) is -0.879. The van der Waals surface area contributed by atoms with E-state index >= 15 is 0 Å². The Balaban J connectivity index is 1.59. The first-order chi connectivity index (χ1) is 19.4. The van der Waals surface area contributed by atoms with E-state index in [1.807, 2.05) is 48.5 Å². The molecule has 5 aromatic rings. The molecule has 202 valence electrons. The summed E-state index contributed by atoms with van der Waals surface area (Å²) in [6, 6.07) is 27.0. The minimum Gasteiger partial charge on any atom is -0.497 e. The molecule has 0 aliphatic heterocycles. The minimum absolute atomic E-state index is 0.220. The van der Waals surface area contributed by atoms with Crippen LogP contribution in [0.5, 0.6) is 5.75 Å². The summed E-state index contributed by atoms with van der Waals surface area (Å²) in [5.41, 5.74) is 3.35. The molecule has 0 saturated carbocycles. The first-order valence-corrected chi connectivity index (χ1v) is 12.8.